The molecule has 2 heteroatoms. The fourth-order valence-electron chi connectivity index (χ4n) is 2.41. The molecule has 0 N–H and O–H groups in total. The Morgan fingerprint density at radius 2 is 1.86 bits per heavy atom. The lowest BCUT2D eigenvalue weighted by Crippen LogP contribution is -2.37. The summed E-state index contributed by atoms with van der Waals surface area (Å²) in [7, 11) is 4.01. The summed E-state index contributed by atoms with van der Waals surface area (Å²) in [6, 6.07) is 0.813. The van der Waals surface area contributed by atoms with Crippen LogP contribution in [-0.2, 0) is 4.74 Å². The van der Waals surface area contributed by atoms with Crippen LogP contribution in [0.4, 0.5) is 0 Å². The van der Waals surface area contributed by atoms with Crippen LogP contribution in [0.15, 0.2) is 0 Å². The molecule has 0 aromatic rings. The summed E-state index contributed by atoms with van der Waals surface area (Å²) < 4.78 is 5.10. The molecule has 1 aliphatic carbocycles. The van der Waals surface area contributed by atoms with Crippen LogP contribution >= 0.6 is 0 Å². The van der Waals surface area contributed by atoms with Crippen molar-refractivity contribution < 1.29 is 4.74 Å². The topological polar surface area (TPSA) is 12.5 Å². The molecule has 0 spiro atoms. The van der Waals surface area contributed by atoms with Gasteiger partial charge >= 0.3 is 0 Å². The highest BCUT2D eigenvalue weighted by Crippen LogP contribution is 2.28. The predicted octanol–water partition coefficient (Wildman–Crippen LogP) is 2.53. The minimum atomic E-state index is 0.813. The van der Waals surface area contributed by atoms with Crippen molar-refractivity contribution in [3.05, 3.63) is 0 Å². The van der Waals surface area contributed by atoms with Crippen molar-refractivity contribution in [1.29, 1.82) is 0 Å². The fraction of sp³-hybridized carbons (Fsp3) is 1.00. The third-order valence-electron chi connectivity index (χ3n) is 3.67. The molecule has 0 bridgehead atoms. The maximum absolute atomic E-state index is 5.10. The van der Waals surface area contributed by atoms with Crippen LogP contribution in [-0.4, -0.2) is 38.3 Å². The summed E-state index contributed by atoms with van der Waals surface area (Å²) in [5, 5.41) is 0. The van der Waals surface area contributed by atoms with Gasteiger partial charge in [-0.1, -0.05) is 13.3 Å². The van der Waals surface area contributed by atoms with Crippen molar-refractivity contribution in [2.45, 2.75) is 45.1 Å². The van der Waals surface area contributed by atoms with Crippen LogP contribution in [0.2, 0.25) is 0 Å². The van der Waals surface area contributed by atoms with Crippen molar-refractivity contribution >= 4 is 0 Å². The van der Waals surface area contributed by atoms with Gasteiger partial charge in [0.1, 0.15) is 0 Å². The first-order valence-corrected chi connectivity index (χ1v) is 5.97. The van der Waals surface area contributed by atoms with E-state index in [1.165, 1.54) is 32.1 Å². The van der Waals surface area contributed by atoms with Gasteiger partial charge in [-0.3, -0.25) is 0 Å². The molecule has 0 saturated heterocycles. The van der Waals surface area contributed by atoms with Gasteiger partial charge in [-0.15, -0.1) is 0 Å². The summed E-state index contributed by atoms with van der Waals surface area (Å²) in [6.07, 6.45) is 7.00. The molecule has 0 radical (unpaired) electrons. The SMILES string of the molecule is CC[C@H]1CC[C@H](N(C)CCOC)CC1. The van der Waals surface area contributed by atoms with Crippen LogP contribution in [0.3, 0.4) is 0 Å². The number of nitrogens with zero attached hydrogens (tertiary/aromatic N) is 1. The van der Waals surface area contributed by atoms with E-state index in [1.807, 2.05) is 0 Å². The lowest BCUT2D eigenvalue weighted by molar-refractivity contribution is 0.113. The van der Waals surface area contributed by atoms with Crippen molar-refractivity contribution in [3.8, 4) is 0 Å². The number of hydrogen-bond acceptors (Lipinski definition) is 2. The van der Waals surface area contributed by atoms with Crippen LogP contribution in [0.25, 0.3) is 0 Å². The quantitative estimate of drug-likeness (QED) is 0.674. The highest BCUT2D eigenvalue weighted by Gasteiger charge is 2.22. The van der Waals surface area contributed by atoms with E-state index in [-0.39, 0.29) is 0 Å². The van der Waals surface area contributed by atoms with Crippen LogP contribution in [0.5, 0.6) is 0 Å². The van der Waals surface area contributed by atoms with Gasteiger partial charge < -0.3 is 9.64 Å². The number of methoxy groups -OCH3 is 1. The molecule has 1 fully saturated rings. The third kappa shape index (κ3) is 3.58. The highest BCUT2D eigenvalue weighted by atomic mass is 16.5. The second-order valence-electron chi connectivity index (χ2n) is 4.56. The molecule has 0 amide bonds. The van der Waals surface area contributed by atoms with Crippen molar-refractivity contribution in [2.75, 3.05) is 27.3 Å². The van der Waals surface area contributed by atoms with Gasteiger partial charge in [0.2, 0.25) is 0 Å². The second-order valence-corrected chi connectivity index (χ2v) is 4.56. The molecular formula is C12H25NO. The van der Waals surface area contributed by atoms with E-state index in [9.17, 15) is 0 Å². The normalized spacial score (nSPS) is 28.3. The van der Waals surface area contributed by atoms with E-state index in [2.05, 4.69) is 18.9 Å². The summed E-state index contributed by atoms with van der Waals surface area (Å²) in [4.78, 5) is 2.47. The van der Waals surface area contributed by atoms with Crippen LogP contribution < -0.4 is 0 Å². The standard InChI is InChI=1S/C12H25NO/c1-4-11-5-7-12(8-6-11)13(2)9-10-14-3/h11-12H,4-10H2,1-3H3/t11-,12-. The lowest BCUT2D eigenvalue weighted by Gasteiger charge is -2.34. The smallest absolute Gasteiger partial charge is 0.0589 e. The average molecular weight is 199 g/mol. The Morgan fingerprint density at radius 3 is 2.36 bits per heavy atom. The Bertz CT molecular complexity index is 141. The molecule has 14 heavy (non-hydrogen) atoms. The van der Waals surface area contributed by atoms with Crippen molar-refractivity contribution in [1.82, 2.24) is 4.90 Å². The molecule has 0 unspecified atom stereocenters. The monoisotopic (exact) mass is 199 g/mol. The maximum atomic E-state index is 5.10. The Labute approximate surface area is 88.6 Å². The van der Waals surface area contributed by atoms with E-state index in [4.69, 9.17) is 4.74 Å². The van der Waals surface area contributed by atoms with E-state index in [1.54, 1.807) is 7.11 Å². The minimum absolute atomic E-state index is 0.813. The Kier molecular flexibility index (Phi) is 5.49. The zero-order chi connectivity index (χ0) is 10.4. The van der Waals surface area contributed by atoms with E-state index >= 15 is 0 Å². The number of likely N-dealkylation sites (N-methyl/N-ethyl adjacent to an activating group) is 1. The maximum Gasteiger partial charge on any atom is 0.0589 e. The predicted molar refractivity (Wildman–Crippen MR) is 60.5 cm³/mol. The van der Waals surface area contributed by atoms with Crippen LogP contribution in [0.1, 0.15) is 39.0 Å². The van der Waals surface area contributed by atoms with Crippen molar-refractivity contribution in [2.24, 2.45) is 5.92 Å². The molecule has 0 aromatic carbocycles. The van der Waals surface area contributed by atoms with Gasteiger partial charge in [-0.05, 0) is 38.6 Å². The van der Waals surface area contributed by atoms with Gasteiger partial charge in [0.15, 0.2) is 0 Å². The molecule has 2 nitrogen and oxygen atoms in total. The Balaban J connectivity index is 2.19. The highest BCUT2D eigenvalue weighted by molar-refractivity contribution is 4.77. The average Bonchev–Trinajstić information content (AvgIpc) is 2.26. The van der Waals surface area contributed by atoms with E-state index in [0.29, 0.717) is 0 Å². The molecule has 0 aromatic heterocycles. The molecule has 0 atom stereocenters. The summed E-state index contributed by atoms with van der Waals surface area (Å²) >= 11 is 0. The molecule has 0 heterocycles. The molecule has 1 aliphatic rings. The minimum Gasteiger partial charge on any atom is -0.383 e. The summed E-state index contributed by atoms with van der Waals surface area (Å²) in [6.45, 7) is 4.27. The van der Waals surface area contributed by atoms with E-state index in [0.717, 1.165) is 25.1 Å². The van der Waals surface area contributed by atoms with Crippen LogP contribution in [0, 0.1) is 5.92 Å². The summed E-state index contributed by atoms with van der Waals surface area (Å²) in [5.74, 6) is 1.00. The molecule has 0 aliphatic heterocycles. The second kappa shape index (κ2) is 6.41. The number of hydrogen-bond donors (Lipinski definition) is 0. The third-order valence-corrected chi connectivity index (χ3v) is 3.67. The van der Waals surface area contributed by atoms with Gasteiger partial charge in [0.25, 0.3) is 0 Å². The van der Waals surface area contributed by atoms with Crippen molar-refractivity contribution in [3.63, 3.8) is 0 Å². The van der Waals surface area contributed by atoms with E-state index < -0.39 is 0 Å². The van der Waals surface area contributed by atoms with Gasteiger partial charge in [-0.25, -0.2) is 0 Å². The molecular weight excluding hydrogens is 174 g/mol. The largest absolute Gasteiger partial charge is 0.383 e. The molecule has 84 valence electrons. The molecule has 1 saturated carbocycles. The van der Waals surface area contributed by atoms with Gasteiger partial charge in [0.05, 0.1) is 6.61 Å². The van der Waals surface area contributed by atoms with Gasteiger partial charge in [-0.2, -0.15) is 0 Å². The Morgan fingerprint density at radius 1 is 1.21 bits per heavy atom. The fourth-order valence-corrected chi connectivity index (χ4v) is 2.41. The zero-order valence-electron chi connectivity index (χ0n) is 9.96. The lowest BCUT2D eigenvalue weighted by atomic mass is 9.84. The zero-order valence-corrected chi connectivity index (χ0v) is 9.96. The first-order chi connectivity index (χ1) is 6.77. The van der Waals surface area contributed by atoms with Gasteiger partial charge in [0, 0.05) is 19.7 Å². The molecule has 1 rings (SSSR count). The number of ether oxygens (including phenoxy) is 1. The Hall–Kier alpha value is -0.0800. The first kappa shape index (κ1) is 12.0. The number of rotatable bonds is 5. The first-order valence-electron chi connectivity index (χ1n) is 5.97. The summed E-state index contributed by atoms with van der Waals surface area (Å²) in [5.41, 5.74) is 0.